The van der Waals surface area contributed by atoms with Crippen LogP contribution in [0.1, 0.15) is 87.0 Å². The molecular formula is C20H30N4O2. The molecule has 2 aliphatic carbocycles. The third kappa shape index (κ3) is 4.59. The Morgan fingerprint density at radius 1 is 0.692 bits per heavy atom. The van der Waals surface area contributed by atoms with E-state index in [-0.39, 0.29) is 12.1 Å². The summed E-state index contributed by atoms with van der Waals surface area (Å²) in [7, 11) is 0. The third-order valence-electron chi connectivity index (χ3n) is 5.69. The molecule has 142 valence electrons. The molecule has 26 heavy (non-hydrogen) atoms. The summed E-state index contributed by atoms with van der Waals surface area (Å²) in [6, 6.07) is 0.111. The van der Waals surface area contributed by atoms with Crippen LogP contribution in [0.5, 0.6) is 0 Å². The fourth-order valence-electron chi connectivity index (χ4n) is 4.01. The van der Waals surface area contributed by atoms with Crippen molar-refractivity contribution < 1.29 is 9.48 Å². The topological polar surface area (TPSA) is 77.9 Å². The molecule has 3 rings (SSSR count). The van der Waals surface area contributed by atoms with Crippen LogP contribution in [0.15, 0.2) is 0 Å². The zero-order chi connectivity index (χ0) is 18.5. The number of aryl methyl sites for hydroxylation is 2. The highest BCUT2D eigenvalue weighted by Gasteiger charge is 2.22. The molecule has 0 atom stereocenters. The maximum Gasteiger partial charge on any atom is 0.202 e. The lowest BCUT2D eigenvalue weighted by Crippen LogP contribution is -2.27. The Morgan fingerprint density at radius 3 is 1.38 bits per heavy atom. The van der Waals surface area contributed by atoms with Gasteiger partial charge in [-0.25, -0.2) is 19.4 Å². The summed E-state index contributed by atoms with van der Waals surface area (Å²) in [5, 5.41) is 24.9. The molecule has 0 radical (unpaired) electrons. The molecule has 0 bridgehead atoms. The highest BCUT2D eigenvalue weighted by Crippen LogP contribution is 2.21. The first-order valence-corrected chi connectivity index (χ1v) is 10.0. The van der Waals surface area contributed by atoms with E-state index in [9.17, 15) is 10.4 Å². The van der Waals surface area contributed by atoms with Gasteiger partial charge in [0.05, 0.1) is 11.4 Å². The van der Waals surface area contributed by atoms with Crippen molar-refractivity contribution in [3.05, 3.63) is 33.2 Å². The van der Waals surface area contributed by atoms with Crippen LogP contribution < -0.4 is 0 Å². The van der Waals surface area contributed by atoms with Gasteiger partial charge in [-0.15, -0.1) is 0 Å². The molecule has 2 fully saturated rings. The standard InChI is InChI=1S/C20H30N4O2/c1-15-19(13-23(25)17-9-5-3-6-10-17)22-16(2)20(21-15)14-24(26)18-11-7-4-8-12-18/h13-14,17-18H,3-12H2,1-2H3/b23-13-,24-14+. The number of nitrogens with zero attached hydrogens (tertiary/aromatic N) is 4. The van der Waals surface area contributed by atoms with Gasteiger partial charge in [0.1, 0.15) is 11.4 Å². The summed E-state index contributed by atoms with van der Waals surface area (Å²) in [4.78, 5) is 9.10. The Hall–Kier alpha value is -1.98. The largest absolute Gasteiger partial charge is 0.624 e. The van der Waals surface area contributed by atoms with Crippen LogP contribution in [0, 0.1) is 24.3 Å². The quantitative estimate of drug-likeness (QED) is 0.356. The summed E-state index contributed by atoms with van der Waals surface area (Å²) >= 11 is 0. The molecule has 0 aromatic carbocycles. The molecular weight excluding hydrogens is 328 g/mol. The zero-order valence-electron chi connectivity index (χ0n) is 16.0. The van der Waals surface area contributed by atoms with Crippen LogP contribution >= 0.6 is 0 Å². The Balaban J connectivity index is 1.79. The number of hydroxylamine groups is 2. The second kappa shape index (κ2) is 8.60. The number of hydrogen-bond acceptors (Lipinski definition) is 4. The molecule has 0 N–H and O–H groups in total. The maximum atomic E-state index is 12.4. The monoisotopic (exact) mass is 358 g/mol. The molecule has 0 aliphatic heterocycles. The first-order chi connectivity index (χ1) is 12.5. The average molecular weight is 358 g/mol. The van der Waals surface area contributed by atoms with Gasteiger partial charge in [-0.2, -0.15) is 0 Å². The number of rotatable bonds is 4. The van der Waals surface area contributed by atoms with E-state index in [0.717, 1.165) is 60.8 Å². The smallest absolute Gasteiger partial charge is 0.202 e. The molecule has 0 unspecified atom stereocenters. The molecule has 2 saturated carbocycles. The van der Waals surface area contributed by atoms with E-state index in [2.05, 4.69) is 9.97 Å². The van der Waals surface area contributed by atoms with Crippen molar-refractivity contribution >= 4 is 12.4 Å². The van der Waals surface area contributed by atoms with Gasteiger partial charge in [-0.05, 0) is 39.5 Å². The van der Waals surface area contributed by atoms with Gasteiger partial charge >= 0.3 is 0 Å². The van der Waals surface area contributed by atoms with Crippen LogP contribution in [0.3, 0.4) is 0 Å². The van der Waals surface area contributed by atoms with Gasteiger partial charge in [0, 0.05) is 25.7 Å². The van der Waals surface area contributed by atoms with Crippen LogP contribution in [-0.4, -0.2) is 44.0 Å². The number of aromatic nitrogens is 2. The molecule has 1 aromatic rings. The predicted octanol–water partition coefficient (Wildman–Crippen LogP) is 3.62. The lowest BCUT2D eigenvalue weighted by atomic mass is 9.96. The van der Waals surface area contributed by atoms with Gasteiger partial charge in [0.2, 0.25) is 12.4 Å². The van der Waals surface area contributed by atoms with Gasteiger partial charge < -0.3 is 10.4 Å². The fourth-order valence-corrected chi connectivity index (χ4v) is 4.01. The van der Waals surface area contributed by atoms with Crippen molar-refractivity contribution in [2.45, 2.75) is 90.1 Å². The van der Waals surface area contributed by atoms with Crippen LogP contribution in [0.2, 0.25) is 0 Å². The third-order valence-corrected chi connectivity index (χ3v) is 5.69. The van der Waals surface area contributed by atoms with Crippen molar-refractivity contribution in [1.29, 1.82) is 0 Å². The van der Waals surface area contributed by atoms with Crippen molar-refractivity contribution in [2.75, 3.05) is 0 Å². The molecule has 1 aromatic heterocycles. The van der Waals surface area contributed by atoms with E-state index in [4.69, 9.17) is 0 Å². The predicted molar refractivity (Wildman–Crippen MR) is 103 cm³/mol. The van der Waals surface area contributed by atoms with Crippen molar-refractivity contribution in [3.63, 3.8) is 0 Å². The summed E-state index contributed by atoms with van der Waals surface area (Å²) in [5.74, 6) is 0. The molecule has 6 nitrogen and oxygen atoms in total. The van der Waals surface area contributed by atoms with Crippen LogP contribution in [-0.2, 0) is 0 Å². The van der Waals surface area contributed by atoms with Gasteiger partial charge in [-0.1, -0.05) is 12.8 Å². The average Bonchev–Trinajstić information content (AvgIpc) is 2.67. The Labute approximate surface area is 155 Å². The van der Waals surface area contributed by atoms with Crippen LogP contribution in [0.25, 0.3) is 0 Å². The van der Waals surface area contributed by atoms with Crippen molar-refractivity contribution in [2.24, 2.45) is 0 Å². The highest BCUT2D eigenvalue weighted by atomic mass is 16.5. The minimum Gasteiger partial charge on any atom is -0.624 e. The Morgan fingerprint density at radius 2 is 1.04 bits per heavy atom. The molecule has 0 amide bonds. The van der Waals surface area contributed by atoms with E-state index < -0.39 is 0 Å². The molecule has 0 spiro atoms. The van der Waals surface area contributed by atoms with E-state index in [1.165, 1.54) is 12.8 Å². The zero-order valence-corrected chi connectivity index (χ0v) is 16.0. The molecule has 6 heteroatoms. The van der Waals surface area contributed by atoms with Gasteiger partial charge in [0.15, 0.2) is 12.1 Å². The summed E-state index contributed by atoms with van der Waals surface area (Å²) in [5.41, 5.74) is 2.59. The lowest BCUT2D eigenvalue weighted by Gasteiger charge is -2.21. The molecule has 0 saturated heterocycles. The summed E-state index contributed by atoms with van der Waals surface area (Å²) < 4.78 is 2.11. The molecule has 1 heterocycles. The molecule has 2 aliphatic rings. The van der Waals surface area contributed by atoms with Gasteiger partial charge in [-0.3, -0.25) is 0 Å². The second-order valence-corrected chi connectivity index (χ2v) is 7.73. The second-order valence-electron chi connectivity index (χ2n) is 7.73. The van der Waals surface area contributed by atoms with E-state index in [1.54, 1.807) is 12.4 Å². The van der Waals surface area contributed by atoms with E-state index in [0.29, 0.717) is 22.8 Å². The minimum absolute atomic E-state index is 0.0555. The summed E-state index contributed by atoms with van der Waals surface area (Å²) in [6.45, 7) is 3.69. The summed E-state index contributed by atoms with van der Waals surface area (Å²) in [6.07, 6.45) is 13.9. The van der Waals surface area contributed by atoms with Gasteiger partial charge in [0.25, 0.3) is 0 Å². The van der Waals surface area contributed by atoms with Crippen molar-refractivity contribution in [3.8, 4) is 0 Å². The van der Waals surface area contributed by atoms with Crippen molar-refractivity contribution in [1.82, 2.24) is 9.97 Å². The normalized spacial score (nSPS) is 21.2. The van der Waals surface area contributed by atoms with E-state index >= 15 is 0 Å². The highest BCUT2D eigenvalue weighted by molar-refractivity contribution is 5.78. The van der Waals surface area contributed by atoms with Crippen LogP contribution in [0.4, 0.5) is 0 Å². The fraction of sp³-hybridized carbons (Fsp3) is 0.700. The first-order valence-electron chi connectivity index (χ1n) is 10.0. The SMILES string of the molecule is Cc1nc(/C=[N+](/[O-])C2CCCCC2)c(C)nc1/C=[N+](\[O-])C1CCCCC1. The number of hydrogen-bond donors (Lipinski definition) is 0. The van der Waals surface area contributed by atoms with E-state index in [1.807, 2.05) is 13.8 Å². The minimum atomic E-state index is 0.0555. The first kappa shape index (κ1) is 18.8. The lowest BCUT2D eigenvalue weighted by molar-refractivity contribution is -0.501. The Kier molecular flexibility index (Phi) is 6.22. The Bertz CT molecular complexity index is 628. The maximum absolute atomic E-state index is 12.4.